The first kappa shape index (κ1) is 50.0. The van der Waals surface area contributed by atoms with Gasteiger partial charge in [0.05, 0.1) is 30.1 Å². The van der Waals surface area contributed by atoms with Crippen LogP contribution in [0.2, 0.25) is 0 Å². The Morgan fingerprint density at radius 1 is 1.03 bits per heavy atom. The predicted molar refractivity (Wildman–Crippen MR) is 237 cm³/mol. The maximum absolute atomic E-state index is 14.4. The molecular formula is C45H66N8O11S. The molecule has 2 aromatic heterocycles. The van der Waals surface area contributed by atoms with E-state index in [1.165, 1.54) is 25.6 Å². The number of carbonyl (C=O) groups is 4. The van der Waals surface area contributed by atoms with E-state index in [0.29, 0.717) is 32.5 Å². The number of benzene rings is 1. The van der Waals surface area contributed by atoms with Crippen molar-refractivity contribution in [2.45, 2.75) is 148 Å². The normalized spacial score (nSPS) is 34.0. The second-order valence-corrected chi connectivity index (χ2v) is 19.0. The van der Waals surface area contributed by atoms with E-state index in [2.05, 4.69) is 19.9 Å². The van der Waals surface area contributed by atoms with Gasteiger partial charge in [0.25, 0.3) is 0 Å². The number of aryl methyl sites for hydroxylation is 1. The number of rotatable bonds is 14. The van der Waals surface area contributed by atoms with Crippen LogP contribution in [0.25, 0.3) is 11.3 Å². The highest BCUT2D eigenvalue weighted by atomic mass is 32.1. The fourth-order valence-corrected chi connectivity index (χ4v) is 10.2. The number of aliphatic hydroxyl groups is 1. The molecule has 3 aliphatic heterocycles. The minimum Gasteiger partial charge on any atom is -0.494 e. The van der Waals surface area contributed by atoms with Gasteiger partial charge in [-0.1, -0.05) is 37.4 Å². The van der Waals surface area contributed by atoms with Crippen molar-refractivity contribution in [2.75, 3.05) is 27.3 Å². The molecule has 3 saturated heterocycles. The van der Waals surface area contributed by atoms with Crippen LogP contribution in [0.3, 0.4) is 0 Å². The number of ketones is 2. The first-order valence-electron chi connectivity index (χ1n) is 22.5. The van der Waals surface area contributed by atoms with Crippen molar-refractivity contribution >= 4 is 35.2 Å². The van der Waals surface area contributed by atoms with Crippen LogP contribution in [-0.4, -0.2) is 145 Å². The van der Waals surface area contributed by atoms with Crippen molar-refractivity contribution in [3.05, 3.63) is 41.5 Å². The van der Waals surface area contributed by atoms with E-state index < -0.39 is 89.4 Å². The van der Waals surface area contributed by atoms with Gasteiger partial charge >= 0.3 is 12.1 Å². The number of methoxy groups -OCH3 is 1. The first-order valence-corrected chi connectivity index (χ1v) is 23.3. The number of nitrogens with zero attached hydrogens (tertiary/aromatic N) is 7. The van der Waals surface area contributed by atoms with E-state index in [9.17, 15) is 24.3 Å². The first-order chi connectivity index (χ1) is 30.8. The molecule has 3 aliphatic rings. The second kappa shape index (κ2) is 21.0. The molecule has 0 spiro atoms. The minimum absolute atomic E-state index is 0.0730. The Morgan fingerprint density at radius 2 is 1.75 bits per heavy atom. The van der Waals surface area contributed by atoms with Crippen molar-refractivity contribution in [1.29, 1.82) is 0 Å². The number of hydrazine groups is 1. The van der Waals surface area contributed by atoms with Crippen molar-refractivity contribution < 1.29 is 52.7 Å². The van der Waals surface area contributed by atoms with Gasteiger partial charge in [0, 0.05) is 74.0 Å². The lowest BCUT2D eigenvalue weighted by molar-refractivity contribution is -0.296. The maximum Gasteiger partial charge on any atom is 0.425 e. The minimum atomic E-state index is -1.49. The molecule has 0 saturated carbocycles. The van der Waals surface area contributed by atoms with Crippen LogP contribution < -0.4 is 10.6 Å². The largest absolute Gasteiger partial charge is 0.494 e. The maximum atomic E-state index is 14.4. The monoisotopic (exact) mass is 926 g/mol. The lowest BCUT2D eigenvalue weighted by Gasteiger charge is -2.47. The Kier molecular flexibility index (Phi) is 16.2. The summed E-state index contributed by atoms with van der Waals surface area (Å²) in [6, 6.07) is 6.35. The van der Waals surface area contributed by atoms with Crippen molar-refractivity contribution in [1.82, 2.24) is 34.5 Å². The van der Waals surface area contributed by atoms with Crippen molar-refractivity contribution in [3.63, 3.8) is 0 Å². The molecule has 65 heavy (non-hydrogen) atoms. The molecule has 1 amide bonds. The van der Waals surface area contributed by atoms with Crippen LogP contribution in [0.15, 0.2) is 35.8 Å². The molecule has 6 rings (SSSR count). The lowest BCUT2D eigenvalue weighted by atomic mass is 9.73. The number of amides is 1. The van der Waals surface area contributed by atoms with Crippen LogP contribution in [0, 0.1) is 23.7 Å². The summed E-state index contributed by atoms with van der Waals surface area (Å²) >= 11 is 1.31. The van der Waals surface area contributed by atoms with E-state index in [1.807, 2.05) is 54.7 Å². The summed E-state index contributed by atoms with van der Waals surface area (Å²) in [4.78, 5) is 57.4. The third kappa shape index (κ3) is 10.9. The van der Waals surface area contributed by atoms with Gasteiger partial charge < -0.3 is 38.4 Å². The molecule has 0 radical (unpaired) electrons. The average molecular weight is 927 g/mol. The topological polar surface area (TPSA) is 233 Å². The summed E-state index contributed by atoms with van der Waals surface area (Å²) in [5.74, 6) is 1.61. The molecule has 13 atom stereocenters. The number of nitrogens with two attached hydrogens (primary N) is 1. The number of cyclic esters (lactones) is 1. The molecule has 0 unspecified atom stereocenters. The SMILES string of the molecule is CC[C@H]1OC(=O)[C@H](C)C(=O)[C@H](C)[C@@H](O[C@@H]2O[C@H](C)C[C@H](N(C)CCc3cn(CCCOc4ccc(-c5csnn5)cc4)nn3)[C@H]2O)[C@](C)(OC)C[C@@H](C)C(=O)[C@H](C)[C@H]2N(N)C(=O)O[C@]12C. The number of ether oxygens (including phenoxy) is 6. The highest BCUT2D eigenvalue weighted by Crippen LogP contribution is 2.42. The molecule has 3 N–H and O–H groups in total. The second-order valence-electron chi connectivity index (χ2n) is 18.3. The van der Waals surface area contributed by atoms with Crippen LogP contribution in [0.4, 0.5) is 4.79 Å². The fourth-order valence-electron chi connectivity index (χ4n) is 9.78. The van der Waals surface area contributed by atoms with E-state index in [1.54, 1.807) is 46.2 Å². The van der Waals surface area contributed by atoms with Crippen molar-refractivity contribution in [3.8, 4) is 17.0 Å². The van der Waals surface area contributed by atoms with Gasteiger partial charge in [0.15, 0.2) is 17.7 Å². The lowest BCUT2D eigenvalue weighted by Crippen LogP contribution is -2.61. The number of hydrogen-bond donors (Lipinski definition) is 2. The summed E-state index contributed by atoms with van der Waals surface area (Å²) in [5, 5.41) is 27.5. The fraction of sp³-hybridized carbons (Fsp3) is 0.689. The highest BCUT2D eigenvalue weighted by Gasteiger charge is 2.60. The van der Waals surface area contributed by atoms with Gasteiger partial charge in [-0.3, -0.25) is 19.1 Å². The third-order valence-electron chi connectivity index (χ3n) is 13.6. The Balaban J connectivity index is 1.12. The number of aromatic nitrogens is 5. The number of fused-ring (bicyclic) bond motifs is 1. The van der Waals surface area contributed by atoms with Gasteiger partial charge in [-0.2, -0.15) is 0 Å². The Hall–Kier alpha value is -4.44. The number of Topliss-reactive ketones (excluding diaryl/α,β-unsaturated/α-hetero) is 2. The molecule has 1 aromatic carbocycles. The molecule has 0 aliphatic carbocycles. The summed E-state index contributed by atoms with van der Waals surface area (Å²) in [7, 11) is 3.38. The van der Waals surface area contributed by atoms with Gasteiger partial charge in [0.1, 0.15) is 41.4 Å². The van der Waals surface area contributed by atoms with Gasteiger partial charge in [-0.15, -0.1) is 10.2 Å². The zero-order chi connectivity index (χ0) is 47.4. The smallest absolute Gasteiger partial charge is 0.425 e. The summed E-state index contributed by atoms with van der Waals surface area (Å²) in [6.07, 6.45) is -1.73. The molecule has 3 aromatic rings. The van der Waals surface area contributed by atoms with Gasteiger partial charge in [0.2, 0.25) is 0 Å². The Labute approximate surface area is 384 Å². The predicted octanol–water partition coefficient (Wildman–Crippen LogP) is 4.26. The van der Waals surface area contributed by atoms with Crippen molar-refractivity contribution in [2.24, 2.45) is 29.5 Å². The Morgan fingerprint density at radius 3 is 2.42 bits per heavy atom. The van der Waals surface area contributed by atoms with Crippen LogP contribution in [-0.2, 0) is 51.0 Å². The summed E-state index contributed by atoms with van der Waals surface area (Å²) in [6.45, 7) is 15.2. The van der Waals surface area contributed by atoms with E-state index in [4.69, 9.17) is 34.3 Å². The zero-order valence-electron chi connectivity index (χ0n) is 39.1. The highest BCUT2D eigenvalue weighted by molar-refractivity contribution is 7.03. The molecule has 358 valence electrons. The number of likely N-dealkylation sites (N-methyl/N-ethyl adjacent to an activating group) is 1. The zero-order valence-corrected chi connectivity index (χ0v) is 39.9. The third-order valence-corrected chi connectivity index (χ3v) is 14.1. The van der Waals surface area contributed by atoms with E-state index in [0.717, 1.165) is 34.1 Å². The van der Waals surface area contributed by atoms with Crippen LogP contribution in [0.5, 0.6) is 5.75 Å². The number of carbonyl (C=O) groups excluding carboxylic acids is 4. The van der Waals surface area contributed by atoms with Crippen LogP contribution in [0.1, 0.15) is 86.8 Å². The quantitative estimate of drug-likeness (QED) is 0.0756. The summed E-state index contributed by atoms with van der Waals surface area (Å²) < 4.78 is 42.5. The Bertz CT molecular complexity index is 2090. The average Bonchev–Trinajstić information content (AvgIpc) is 4.05. The van der Waals surface area contributed by atoms with E-state index >= 15 is 0 Å². The molecule has 0 bridgehead atoms. The van der Waals surface area contributed by atoms with Gasteiger partial charge in [-0.05, 0) is 89.8 Å². The molecule has 20 heteroatoms. The molecular weight excluding hydrogens is 861 g/mol. The molecule has 19 nitrogen and oxygen atoms in total. The number of hydrogen-bond acceptors (Lipinski definition) is 18. The van der Waals surface area contributed by atoms with E-state index in [-0.39, 0.29) is 24.7 Å². The van der Waals surface area contributed by atoms with Crippen LogP contribution >= 0.6 is 11.5 Å². The standard InChI is InChI=1S/C45H66N8O11S/c1-11-35-45(8)39(53(46)43(58)64-45)27(4)36(54)25(2)22-44(7,59-10)40(28(5)37(55)29(6)41(57)62-35)63-42-38(56)34(21-26(3)61-42)51(9)19-17-31-23-52(49-47-31)18-12-20-60-32-15-13-30(14-16-32)33-24-65-50-48-33/h13-16,23-29,34-35,38-40,42,56H,11-12,17-22,46H2,1-10H3/t25-,26-,27+,28+,29-,34+,35-,38-,39-,40-,42+,44-,45-/m1/s1. The number of aliphatic hydroxyl groups excluding tert-OH is 1. The summed E-state index contributed by atoms with van der Waals surface area (Å²) in [5.41, 5.74) is -0.204. The van der Waals surface area contributed by atoms with Gasteiger partial charge in [-0.25, -0.2) is 15.6 Å². The molecule has 5 heterocycles. The molecule has 3 fully saturated rings. The number of esters is 1.